The van der Waals surface area contributed by atoms with Crippen LogP contribution in [0.4, 0.5) is 0 Å². The lowest BCUT2D eigenvalue weighted by Gasteiger charge is -2.34. The number of hydrogen-bond donors (Lipinski definition) is 1. The lowest BCUT2D eigenvalue weighted by Crippen LogP contribution is -2.44. The average molecular weight is 257 g/mol. The maximum Gasteiger partial charge on any atom is 0.0194 e. The summed E-state index contributed by atoms with van der Waals surface area (Å²) in [6, 6.07) is 0.596. The van der Waals surface area contributed by atoms with Crippen molar-refractivity contribution >= 4 is 0 Å². The van der Waals surface area contributed by atoms with Gasteiger partial charge in [0.1, 0.15) is 0 Å². The number of nitrogens with two attached hydrogens (primary N) is 1. The molecule has 0 aliphatic carbocycles. The number of rotatable bonds is 8. The van der Waals surface area contributed by atoms with Crippen molar-refractivity contribution in [2.75, 3.05) is 40.3 Å². The van der Waals surface area contributed by atoms with Crippen molar-refractivity contribution in [2.45, 2.75) is 47.1 Å². The molecule has 0 heterocycles. The van der Waals surface area contributed by atoms with Gasteiger partial charge in [0.15, 0.2) is 0 Å². The van der Waals surface area contributed by atoms with E-state index in [9.17, 15) is 0 Å². The van der Waals surface area contributed by atoms with Gasteiger partial charge in [-0.2, -0.15) is 0 Å². The molecule has 0 aromatic rings. The van der Waals surface area contributed by atoms with Crippen molar-refractivity contribution in [3.8, 4) is 0 Å². The molecule has 0 saturated heterocycles. The van der Waals surface area contributed by atoms with E-state index in [1.165, 1.54) is 6.42 Å². The summed E-state index contributed by atoms with van der Waals surface area (Å²) in [5.74, 6) is 0.606. The largest absolute Gasteiger partial charge is 0.330 e. The first-order chi connectivity index (χ1) is 8.19. The van der Waals surface area contributed by atoms with E-state index in [-0.39, 0.29) is 0 Å². The van der Waals surface area contributed by atoms with Crippen molar-refractivity contribution in [3.63, 3.8) is 0 Å². The zero-order valence-electron chi connectivity index (χ0n) is 13.7. The Balaban J connectivity index is 4.39. The fraction of sp³-hybridized carbons (Fsp3) is 1.00. The molecule has 0 bridgehead atoms. The third-order valence-electron chi connectivity index (χ3n) is 3.39. The molecule has 0 aromatic heterocycles. The van der Waals surface area contributed by atoms with Gasteiger partial charge in [0.05, 0.1) is 0 Å². The van der Waals surface area contributed by atoms with Crippen LogP contribution in [0.15, 0.2) is 0 Å². The SMILES string of the molecule is CCN(CC(CN)CC(C)(C)C)C(C)CN(C)C. The van der Waals surface area contributed by atoms with Crippen LogP contribution in [0, 0.1) is 11.3 Å². The minimum Gasteiger partial charge on any atom is -0.330 e. The summed E-state index contributed by atoms with van der Waals surface area (Å²) in [7, 11) is 4.28. The molecule has 0 amide bonds. The average Bonchev–Trinajstić information content (AvgIpc) is 2.21. The maximum atomic E-state index is 5.95. The topological polar surface area (TPSA) is 32.5 Å². The Morgan fingerprint density at radius 1 is 1.11 bits per heavy atom. The summed E-state index contributed by atoms with van der Waals surface area (Å²) in [5.41, 5.74) is 6.32. The van der Waals surface area contributed by atoms with E-state index in [1.54, 1.807) is 0 Å². The molecule has 0 radical (unpaired) electrons. The summed E-state index contributed by atoms with van der Waals surface area (Å²) >= 11 is 0. The quantitative estimate of drug-likeness (QED) is 0.724. The molecule has 0 spiro atoms. The summed E-state index contributed by atoms with van der Waals surface area (Å²) in [4.78, 5) is 4.82. The van der Waals surface area contributed by atoms with Gasteiger partial charge in [-0.15, -0.1) is 0 Å². The molecule has 2 atom stereocenters. The Bertz CT molecular complexity index is 208. The minimum atomic E-state index is 0.369. The Labute approximate surface area is 115 Å². The zero-order chi connectivity index (χ0) is 14.3. The Morgan fingerprint density at radius 2 is 1.67 bits per heavy atom. The minimum absolute atomic E-state index is 0.369. The second-order valence-corrected chi connectivity index (χ2v) is 7.07. The van der Waals surface area contributed by atoms with Gasteiger partial charge in [0, 0.05) is 19.1 Å². The molecule has 0 aliphatic rings. The molecule has 0 fully saturated rings. The summed E-state index contributed by atoms with van der Waals surface area (Å²) in [6.07, 6.45) is 1.20. The van der Waals surface area contributed by atoms with Crippen LogP contribution in [0.2, 0.25) is 0 Å². The highest BCUT2D eigenvalue weighted by molar-refractivity contribution is 4.76. The van der Waals surface area contributed by atoms with Gasteiger partial charge in [-0.1, -0.05) is 27.7 Å². The third kappa shape index (κ3) is 8.06. The van der Waals surface area contributed by atoms with Crippen LogP contribution in [0.25, 0.3) is 0 Å². The van der Waals surface area contributed by atoms with E-state index >= 15 is 0 Å². The van der Waals surface area contributed by atoms with Crippen molar-refractivity contribution < 1.29 is 0 Å². The molecule has 0 aliphatic heterocycles. The Kier molecular flexibility index (Phi) is 8.08. The summed E-state index contributed by atoms with van der Waals surface area (Å²) in [5, 5.41) is 0. The van der Waals surface area contributed by atoms with E-state index in [0.29, 0.717) is 17.4 Å². The predicted octanol–water partition coefficient (Wildman–Crippen LogP) is 2.27. The molecule has 0 saturated carbocycles. The van der Waals surface area contributed by atoms with E-state index < -0.39 is 0 Å². The van der Waals surface area contributed by atoms with Crippen LogP contribution in [0.5, 0.6) is 0 Å². The number of hydrogen-bond acceptors (Lipinski definition) is 3. The van der Waals surface area contributed by atoms with Crippen LogP contribution in [0.1, 0.15) is 41.0 Å². The molecule has 2 N–H and O–H groups in total. The highest BCUT2D eigenvalue weighted by Gasteiger charge is 2.22. The van der Waals surface area contributed by atoms with Crippen LogP contribution < -0.4 is 5.73 Å². The van der Waals surface area contributed by atoms with Crippen LogP contribution in [-0.4, -0.2) is 56.1 Å². The van der Waals surface area contributed by atoms with Crippen molar-refractivity contribution in [1.29, 1.82) is 0 Å². The molecular formula is C15H35N3. The predicted molar refractivity (Wildman–Crippen MR) is 81.9 cm³/mol. The van der Waals surface area contributed by atoms with E-state index in [2.05, 4.69) is 58.5 Å². The fourth-order valence-corrected chi connectivity index (χ4v) is 2.68. The maximum absolute atomic E-state index is 5.95. The van der Waals surface area contributed by atoms with Gasteiger partial charge < -0.3 is 10.6 Å². The first kappa shape index (κ1) is 17.9. The molecule has 3 nitrogen and oxygen atoms in total. The molecule has 0 rings (SSSR count). The van der Waals surface area contributed by atoms with E-state index in [0.717, 1.165) is 26.2 Å². The zero-order valence-corrected chi connectivity index (χ0v) is 13.7. The summed E-state index contributed by atoms with van der Waals surface area (Å²) in [6.45, 7) is 15.6. The smallest absolute Gasteiger partial charge is 0.0194 e. The van der Waals surface area contributed by atoms with E-state index in [4.69, 9.17) is 5.73 Å². The lowest BCUT2D eigenvalue weighted by atomic mass is 9.84. The highest BCUT2D eigenvalue weighted by atomic mass is 15.2. The van der Waals surface area contributed by atoms with Gasteiger partial charge in [-0.05, 0) is 51.9 Å². The normalized spacial score (nSPS) is 16.3. The molecule has 2 unspecified atom stereocenters. The molecule has 0 aromatic carbocycles. The highest BCUT2D eigenvalue weighted by Crippen LogP contribution is 2.24. The number of likely N-dealkylation sites (N-methyl/N-ethyl adjacent to an activating group) is 2. The first-order valence-electron chi connectivity index (χ1n) is 7.28. The molecule has 110 valence electrons. The van der Waals surface area contributed by atoms with Gasteiger partial charge in [-0.25, -0.2) is 0 Å². The van der Waals surface area contributed by atoms with Gasteiger partial charge in [0.2, 0.25) is 0 Å². The number of nitrogens with zero attached hydrogens (tertiary/aromatic N) is 2. The van der Waals surface area contributed by atoms with E-state index in [1.807, 2.05) is 0 Å². The lowest BCUT2D eigenvalue weighted by molar-refractivity contribution is 0.141. The van der Waals surface area contributed by atoms with Crippen LogP contribution in [-0.2, 0) is 0 Å². The molecule has 18 heavy (non-hydrogen) atoms. The second kappa shape index (κ2) is 8.13. The van der Waals surface area contributed by atoms with Crippen LogP contribution in [0.3, 0.4) is 0 Å². The molecule has 3 heteroatoms. The van der Waals surface area contributed by atoms with Gasteiger partial charge >= 0.3 is 0 Å². The van der Waals surface area contributed by atoms with Crippen LogP contribution >= 0.6 is 0 Å². The van der Waals surface area contributed by atoms with Crippen molar-refractivity contribution in [2.24, 2.45) is 17.1 Å². The summed E-state index contributed by atoms with van der Waals surface area (Å²) < 4.78 is 0. The molecular weight excluding hydrogens is 222 g/mol. The first-order valence-corrected chi connectivity index (χ1v) is 7.28. The van der Waals surface area contributed by atoms with Crippen molar-refractivity contribution in [3.05, 3.63) is 0 Å². The standard InChI is InChI=1S/C15H35N3/c1-8-18(13(2)11-17(6)7)12-14(10-16)9-15(3,4)5/h13-14H,8-12,16H2,1-7H3. The van der Waals surface area contributed by atoms with Crippen molar-refractivity contribution in [1.82, 2.24) is 9.80 Å². The monoisotopic (exact) mass is 257 g/mol. The Morgan fingerprint density at radius 3 is 2.00 bits per heavy atom. The van der Waals surface area contributed by atoms with Gasteiger partial charge in [-0.3, -0.25) is 4.90 Å². The third-order valence-corrected chi connectivity index (χ3v) is 3.39. The fourth-order valence-electron chi connectivity index (χ4n) is 2.68. The van der Waals surface area contributed by atoms with Gasteiger partial charge in [0.25, 0.3) is 0 Å². The second-order valence-electron chi connectivity index (χ2n) is 7.07. The Hall–Kier alpha value is -0.120.